The predicted molar refractivity (Wildman–Crippen MR) is 40.6 cm³/mol. The minimum Gasteiger partial charge on any atom is -0.294 e. The topological polar surface area (TPSA) is 68.3 Å². The molecule has 0 aliphatic carbocycles. The highest BCUT2D eigenvalue weighted by molar-refractivity contribution is 6.74. The van der Waals surface area contributed by atoms with Gasteiger partial charge in [-0.1, -0.05) is 13.3 Å². The lowest BCUT2D eigenvalue weighted by Gasteiger charge is -1.92. The van der Waals surface area contributed by atoms with E-state index in [1.165, 1.54) is 0 Å². The number of aldehydes is 1. The van der Waals surface area contributed by atoms with Gasteiger partial charge in [0.2, 0.25) is 5.78 Å². The van der Waals surface area contributed by atoms with Crippen LogP contribution in [0.25, 0.3) is 0 Å². The summed E-state index contributed by atoms with van der Waals surface area (Å²) in [5.74, 6) is -3.22. The number of ketones is 3. The molecule has 0 bridgehead atoms. The van der Waals surface area contributed by atoms with Crippen molar-refractivity contribution in [3.05, 3.63) is 0 Å². The number of unbranched alkanes of at least 4 members (excludes halogenated alkanes) is 1. The average Bonchev–Trinajstić information content (AvgIpc) is 2.11. The van der Waals surface area contributed by atoms with E-state index >= 15 is 0 Å². The maximum Gasteiger partial charge on any atom is 0.271 e. The van der Waals surface area contributed by atoms with E-state index in [0.717, 1.165) is 6.42 Å². The lowest BCUT2D eigenvalue weighted by Crippen LogP contribution is -2.24. The van der Waals surface area contributed by atoms with E-state index < -0.39 is 17.3 Å². The molecular formula is C8H10O4. The second-order valence-corrected chi connectivity index (χ2v) is 2.34. The number of carbonyl (C=O) groups is 4. The molecule has 66 valence electrons. The van der Waals surface area contributed by atoms with E-state index in [9.17, 15) is 19.2 Å². The van der Waals surface area contributed by atoms with Gasteiger partial charge >= 0.3 is 0 Å². The Morgan fingerprint density at radius 1 is 1.25 bits per heavy atom. The molecule has 4 nitrogen and oxygen atoms in total. The first-order valence-electron chi connectivity index (χ1n) is 3.70. The quantitative estimate of drug-likeness (QED) is 0.321. The maximum atomic E-state index is 10.8. The summed E-state index contributed by atoms with van der Waals surface area (Å²) in [5.41, 5.74) is 0. The molecule has 0 aromatic carbocycles. The third kappa shape index (κ3) is 3.18. The third-order valence-corrected chi connectivity index (χ3v) is 1.34. The molecule has 0 fully saturated rings. The Bertz CT molecular complexity index is 217. The third-order valence-electron chi connectivity index (χ3n) is 1.34. The van der Waals surface area contributed by atoms with Crippen LogP contribution in [0.15, 0.2) is 0 Å². The molecule has 0 N–H and O–H groups in total. The zero-order valence-corrected chi connectivity index (χ0v) is 6.83. The van der Waals surface area contributed by atoms with Gasteiger partial charge in [-0.15, -0.1) is 0 Å². The van der Waals surface area contributed by atoms with Gasteiger partial charge in [-0.05, 0) is 6.42 Å². The van der Waals surface area contributed by atoms with Gasteiger partial charge in [0.15, 0.2) is 6.29 Å². The van der Waals surface area contributed by atoms with Crippen molar-refractivity contribution in [3.8, 4) is 0 Å². The SMILES string of the molecule is CCCCC(=O)C(=O)C(=O)C=O. The Morgan fingerprint density at radius 3 is 2.25 bits per heavy atom. The van der Waals surface area contributed by atoms with Gasteiger partial charge in [-0.3, -0.25) is 19.2 Å². The molecule has 0 aromatic heterocycles. The molecular weight excluding hydrogens is 160 g/mol. The highest BCUT2D eigenvalue weighted by atomic mass is 16.2. The van der Waals surface area contributed by atoms with Crippen LogP contribution in [0.2, 0.25) is 0 Å². The molecule has 0 heterocycles. The van der Waals surface area contributed by atoms with Crippen LogP contribution in [0.3, 0.4) is 0 Å². The monoisotopic (exact) mass is 170 g/mol. The van der Waals surface area contributed by atoms with Crippen molar-refractivity contribution >= 4 is 23.6 Å². The highest BCUT2D eigenvalue weighted by Gasteiger charge is 2.20. The van der Waals surface area contributed by atoms with Crippen molar-refractivity contribution in [2.24, 2.45) is 0 Å². The molecule has 0 aromatic rings. The Hall–Kier alpha value is -1.32. The van der Waals surface area contributed by atoms with E-state index in [0.29, 0.717) is 6.42 Å². The average molecular weight is 170 g/mol. The molecule has 0 saturated carbocycles. The summed E-state index contributed by atoms with van der Waals surface area (Å²) < 4.78 is 0. The van der Waals surface area contributed by atoms with Gasteiger partial charge < -0.3 is 0 Å². The second-order valence-electron chi connectivity index (χ2n) is 2.34. The minimum absolute atomic E-state index is 0.0505. The van der Waals surface area contributed by atoms with Crippen LogP contribution in [0.4, 0.5) is 0 Å². The van der Waals surface area contributed by atoms with Crippen molar-refractivity contribution in [3.63, 3.8) is 0 Å². The number of hydrogen-bond donors (Lipinski definition) is 0. The zero-order chi connectivity index (χ0) is 9.56. The van der Waals surface area contributed by atoms with E-state index in [2.05, 4.69) is 0 Å². The van der Waals surface area contributed by atoms with Crippen molar-refractivity contribution in [2.75, 3.05) is 0 Å². The molecule has 0 saturated heterocycles. The Balaban J connectivity index is 4.02. The van der Waals surface area contributed by atoms with Gasteiger partial charge in [0, 0.05) is 6.42 Å². The zero-order valence-electron chi connectivity index (χ0n) is 6.83. The predicted octanol–water partition coefficient (Wildman–Crippen LogP) is 0.0828. The van der Waals surface area contributed by atoms with Crippen LogP contribution in [0.5, 0.6) is 0 Å². The van der Waals surface area contributed by atoms with Crippen LogP contribution in [-0.4, -0.2) is 23.6 Å². The second kappa shape index (κ2) is 5.35. The summed E-state index contributed by atoms with van der Waals surface area (Å²) in [6, 6.07) is 0. The van der Waals surface area contributed by atoms with Crippen LogP contribution >= 0.6 is 0 Å². The summed E-state index contributed by atoms with van der Waals surface area (Å²) in [5, 5.41) is 0. The van der Waals surface area contributed by atoms with Gasteiger partial charge in [0.1, 0.15) is 0 Å². The van der Waals surface area contributed by atoms with Crippen LogP contribution < -0.4 is 0 Å². The maximum absolute atomic E-state index is 10.8. The molecule has 0 amide bonds. The van der Waals surface area contributed by atoms with Crippen molar-refractivity contribution < 1.29 is 19.2 Å². The van der Waals surface area contributed by atoms with Crippen molar-refractivity contribution in [1.82, 2.24) is 0 Å². The fraction of sp³-hybridized carbons (Fsp3) is 0.500. The van der Waals surface area contributed by atoms with Crippen LogP contribution in [0.1, 0.15) is 26.2 Å². The van der Waals surface area contributed by atoms with E-state index in [4.69, 9.17) is 0 Å². The van der Waals surface area contributed by atoms with Crippen LogP contribution in [0, 0.1) is 0 Å². The standard InChI is InChI=1S/C8H10O4/c1-2-3-4-6(10)8(12)7(11)5-9/h5H,2-4H2,1H3. The summed E-state index contributed by atoms with van der Waals surface area (Å²) in [6.45, 7) is 1.86. The molecule has 0 radical (unpaired) electrons. The Labute approximate surface area is 69.9 Å². The number of Topliss-reactive ketones (excluding diaryl/α,β-unsaturated/α-hetero) is 3. The lowest BCUT2D eigenvalue weighted by atomic mass is 10.1. The molecule has 0 spiro atoms. The number of rotatable bonds is 6. The van der Waals surface area contributed by atoms with Crippen LogP contribution in [-0.2, 0) is 19.2 Å². The first kappa shape index (κ1) is 10.7. The molecule has 0 unspecified atom stereocenters. The summed E-state index contributed by atoms with van der Waals surface area (Å²) >= 11 is 0. The molecule has 0 atom stereocenters. The molecule has 12 heavy (non-hydrogen) atoms. The van der Waals surface area contributed by atoms with Gasteiger partial charge in [-0.2, -0.15) is 0 Å². The number of hydrogen-bond acceptors (Lipinski definition) is 4. The van der Waals surface area contributed by atoms with Crippen molar-refractivity contribution in [2.45, 2.75) is 26.2 Å². The fourth-order valence-corrected chi connectivity index (χ4v) is 0.642. The Kier molecular flexibility index (Phi) is 4.76. The summed E-state index contributed by atoms with van der Waals surface area (Å²) in [4.78, 5) is 41.6. The molecule has 0 rings (SSSR count). The molecule has 0 aliphatic heterocycles. The van der Waals surface area contributed by atoms with Gasteiger partial charge in [-0.25, -0.2) is 0 Å². The van der Waals surface area contributed by atoms with E-state index in [1.807, 2.05) is 6.92 Å². The van der Waals surface area contributed by atoms with Crippen molar-refractivity contribution in [1.29, 1.82) is 0 Å². The number of carbonyl (C=O) groups excluding carboxylic acids is 4. The highest BCUT2D eigenvalue weighted by Crippen LogP contribution is 1.96. The fourth-order valence-electron chi connectivity index (χ4n) is 0.642. The molecule has 4 heteroatoms. The largest absolute Gasteiger partial charge is 0.294 e. The van der Waals surface area contributed by atoms with Gasteiger partial charge in [0.05, 0.1) is 0 Å². The molecule has 0 aliphatic rings. The minimum atomic E-state index is -1.25. The normalized spacial score (nSPS) is 9.08. The van der Waals surface area contributed by atoms with E-state index in [1.54, 1.807) is 0 Å². The smallest absolute Gasteiger partial charge is 0.271 e. The first-order valence-corrected chi connectivity index (χ1v) is 3.70. The summed E-state index contributed by atoms with van der Waals surface area (Å²) in [7, 11) is 0. The first-order chi connectivity index (χ1) is 5.63. The Morgan fingerprint density at radius 2 is 1.83 bits per heavy atom. The van der Waals surface area contributed by atoms with Gasteiger partial charge in [0.25, 0.3) is 11.6 Å². The van der Waals surface area contributed by atoms with E-state index in [-0.39, 0.29) is 12.7 Å². The summed E-state index contributed by atoms with van der Waals surface area (Å²) in [6.07, 6.45) is 1.26. The lowest BCUT2D eigenvalue weighted by molar-refractivity contribution is -0.145.